The van der Waals surface area contributed by atoms with Gasteiger partial charge in [0.1, 0.15) is 0 Å². The molecule has 0 bridgehead atoms. The van der Waals surface area contributed by atoms with Crippen molar-refractivity contribution in [3.63, 3.8) is 0 Å². The fraction of sp³-hybridized carbons (Fsp3) is 0. The molecule has 0 spiro atoms. The van der Waals surface area contributed by atoms with Crippen molar-refractivity contribution in [3.05, 3.63) is 232 Å². The third-order valence-electron chi connectivity index (χ3n) is 13.4. The molecular weight excluding hydrogens is 913 g/mol. The molecule has 7 aromatic carbocycles. The van der Waals surface area contributed by atoms with E-state index in [0.29, 0.717) is 29.1 Å². The zero-order valence-corrected chi connectivity index (χ0v) is 39.3. The molecule has 7 heterocycles. The second-order valence-corrected chi connectivity index (χ2v) is 17.8. The molecule has 0 aliphatic heterocycles. The molecule has 346 valence electrons. The van der Waals surface area contributed by atoms with Crippen LogP contribution in [0.4, 0.5) is 0 Å². The van der Waals surface area contributed by atoms with Gasteiger partial charge in [-0.1, -0.05) is 66.7 Å². The molecule has 12 nitrogen and oxygen atoms in total. The minimum atomic E-state index is 0.604. The van der Waals surface area contributed by atoms with Crippen LogP contribution in [0.3, 0.4) is 0 Å². The Morgan fingerprint density at radius 3 is 0.892 bits per heavy atom. The Morgan fingerprint density at radius 1 is 0.243 bits per heavy atom. The maximum Gasteiger partial charge on any atom is 0.160 e. The first-order valence-corrected chi connectivity index (χ1v) is 24.1. The van der Waals surface area contributed by atoms with Crippen LogP contribution in [-0.4, -0.2) is 59.0 Å². The van der Waals surface area contributed by atoms with Crippen LogP contribution >= 0.6 is 0 Å². The van der Waals surface area contributed by atoms with Gasteiger partial charge in [0, 0.05) is 110 Å². The van der Waals surface area contributed by atoms with E-state index in [4.69, 9.17) is 9.97 Å². The highest BCUT2D eigenvalue weighted by Crippen LogP contribution is 2.42. The summed E-state index contributed by atoms with van der Waals surface area (Å²) in [5, 5.41) is 4.16. The Hall–Kier alpha value is -10.5. The van der Waals surface area contributed by atoms with Crippen molar-refractivity contribution < 1.29 is 0 Å². The predicted molar refractivity (Wildman–Crippen MR) is 291 cm³/mol. The minimum Gasteiger partial charge on any atom is -0.309 e. The maximum atomic E-state index is 5.42. The SMILES string of the molecule is c1ccc(-c2nc(-c3ccccc3-n3c4ccc(-c5ncccn5)cc4c4cc(-c5ncccn5)ccc43)cc(-c3ccccc3-n3c4ccc(-c5ncccn5)cc4c4cc(-c5ncccn5)ccc43)n2)cc1. The number of fused-ring (bicyclic) bond motifs is 6. The maximum absolute atomic E-state index is 5.42. The van der Waals surface area contributed by atoms with Crippen LogP contribution in [-0.2, 0) is 0 Å². The average Bonchev–Trinajstić information content (AvgIpc) is 3.99. The molecule has 0 saturated heterocycles. The average molecular weight is 951 g/mol. The van der Waals surface area contributed by atoms with Crippen molar-refractivity contribution in [1.82, 2.24) is 59.0 Å². The van der Waals surface area contributed by atoms with Crippen LogP contribution in [0.25, 0.3) is 134 Å². The smallest absolute Gasteiger partial charge is 0.160 e. The Morgan fingerprint density at radius 2 is 0.554 bits per heavy atom. The highest BCUT2D eigenvalue weighted by molar-refractivity contribution is 6.13. The van der Waals surface area contributed by atoms with Gasteiger partial charge >= 0.3 is 0 Å². The lowest BCUT2D eigenvalue weighted by Crippen LogP contribution is -2.02. The first kappa shape index (κ1) is 42.4. The van der Waals surface area contributed by atoms with Crippen LogP contribution in [0.1, 0.15) is 0 Å². The minimum absolute atomic E-state index is 0.604. The van der Waals surface area contributed by atoms with Gasteiger partial charge in [-0.2, -0.15) is 0 Å². The van der Waals surface area contributed by atoms with E-state index >= 15 is 0 Å². The fourth-order valence-corrected chi connectivity index (χ4v) is 10.1. The van der Waals surface area contributed by atoms with E-state index in [1.807, 2.05) is 42.5 Å². The van der Waals surface area contributed by atoms with E-state index in [1.54, 1.807) is 49.6 Å². The Bertz CT molecular complexity index is 3960. The summed E-state index contributed by atoms with van der Waals surface area (Å²) in [5.41, 5.74) is 13.9. The quantitative estimate of drug-likeness (QED) is 0.137. The number of para-hydroxylation sites is 2. The molecule has 0 radical (unpaired) electrons. The van der Waals surface area contributed by atoms with Gasteiger partial charge in [0.25, 0.3) is 0 Å². The van der Waals surface area contributed by atoms with E-state index in [1.165, 1.54) is 0 Å². The number of benzene rings is 7. The molecule has 0 unspecified atom stereocenters. The summed E-state index contributed by atoms with van der Waals surface area (Å²) in [6.45, 7) is 0. The fourth-order valence-electron chi connectivity index (χ4n) is 10.1. The van der Waals surface area contributed by atoms with E-state index in [9.17, 15) is 0 Å². The van der Waals surface area contributed by atoms with Crippen LogP contribution in [0.2, 0.25) is 0 Å². The van der Waals surface area contributed by atoms with Gasteiger partial charge in [0.05, 0.1) is 44.8 Å². The molecule has 7 aromatic heterocycles. The predicted octanol–water partition coefficient (Wildman–Crippen LogP) is 13.5. The Labute approximate surface area is 423 Å². The second-order valence-electron chi connectivity index (χ2n) is 17.8. The zero-order chi connectivity index (χ0) is 49.0. The zero-order valence-electron chi connectivity index (χ0n) is 39.3. The first-order valence-electron chi connectivity index (χ1n) is 24.1. The van der Waals surface area contributed by atoms with Crippen molar-refractivity contribution in [3.8, 4) is 90.8 Å². The molecule has 14 aromatic rings. The number of aromatic nitrogens is 12. The van der Waals surface area contributed by atoms with Gasteiger partial charge in [-0.3, -0.25) is 0 Å². The summed E-state index contributed by atoms with van der Waals surface area (Å²) in [4.78, 5) is 47.7. The molecule has 0 atom stereocenters. The van der Waals surface area contributed by atoms with Crippen molar-refractivity contribution >= 4 is 43.6 Å². The summed E-state index contributed by atoms with van der Waals surface area (Å²) in [7, 11) is 0. The summed E-state index contributed by atoms with van der Waals surface area (Å²) < 4.78 is 4.65. The lowest BCUT2D eigenvalue weighted by Gasteiger charge is -2.17. The van der Waals surface area contributed by atoms with Gasteiger partial charge in [-0.05, 0) is 115 Å². The summed E-state index contributed by atoms with van der Waals surface area (Å²) >= 11 is 0. The molecule has 74 heavy (non-hydrogen) atoms. The van der Waals surface area contributed by atoms with Crippen LogP contribution in [0.15, 0.2) is 232 Å². The van der Waals surface area contributed by atoms with Crippen molar-refractivity contribution in [2.24, 2.45) is 0 Å². The third-order valence-corrected chi connectivity index (χ3v) is 13.4. The summed E-state index contributed by atoms with van der Waals surface area (Å²) in [6, 6.07) is 62.2. The number of hydrogen-bond acceptors (Lipinski definition) is 10. The second kappa shape index (κ2) is 17.7. The summed E-state index contributed by atoms with van der Waals surface area (Å²) in [6.07, 6.45) is 14.2. The lowest BCUT2D eigenvalue weighted by atomic mass is 10.0. The van der Waals surface area contributed by atoms with Gasteiger partial charge < -0.3 is 9.13 Å². The molecule has 0 fully saturated rings. The van der Waals surface area contributed by atoms with Gasteiger partial charge in [0.2, 0.25) is 0 Å². The molecular formula is C62H38N12. The van der Waals surface area contributed by atoms with Crippen molar-refractivity contribution in [1.29, 1.82) is 0 Å². The molecule has 14 rings (SSSR count). The molecule has 0 saturated carbocycles. The van der Waals surface area contributed by atoms with Crippen LogP contribution in [0.5, 0.6) is 0 Å². The van der Waals surface area contributed by atoms with E-state index in [-0.39, 0.29) is 0 Å². The number of rotatable bonds is 9. The molecule has 0 amide bonds. The highest BCUT2D eigenvalue weighted by atomic mass is 15.0. The van der Waals surface area contributed by atoms with Gasteiger partial charge in [-0.15, -0.1) is 0 Å². The van der Waals surface area contributed by atoms with E-state index < -0.39 is 0 Å². The lowest BCUT2D eigenvalue weighted by molar-refractivity contribution is 1.14. The largest absolute Gasteiger partial charge is 0.309 e. The molecule has 0 aliphatic carbocycles. The van der Waals surface area contributed by atoms with Crippen LogP contribution < -0.4 is 0 Å². The number of nitrogens with zero attached hydrogens (tertiary/aromatic N) is 12. The van der Waals surface area contributed by atoms with Crippen molar-refractivity contribution in [2.75, 3.05) is 0 Å². The normalized spacial score (nSPS) is 11.5. The van der Waals surface area contributed by atoms with Crippen molar-refractivity contribution in [2.45, 2.75) is 0 Å². The standard InChI is InChI=1S/C62H38N12/c1-2-12-39(13-3-1)62-71-50(44-14-4-6-16-52(44)73-54-22-18-40(58-63-26-8-27-64-58)34-46(54)47-35-41(19-23-55(47)73)59-65-28-9-29-66-59)38-51(72-62)45-15-5-7-17-53(45)74-56-24-20-42(60-67-30-10-31-68-60)36-48(56)49-37-43(21-25-57(49)74)61-69-32-11-33-70-61/h1-38H. The van der Waals surface area contributed by atoms with E-state index in [2.05, 4.69) is 189 Å². The molecule has 0 N–H and O–H groups in total. The topological polar surface area (TPSA) is 139 Å². The first-order chi connectivity index (χ1) is 36.7. The Balaban J connectivity index is 0.985. The van der Waals surface area contributed by atoms with Crippen LogP contribution in [0, 0.1) is 0 Å². The number of hydrogen-bond donors (Lipinski definition) is 0. The molecule has 0 aliphatic rings. The summed E-state index contributed by atoms with van der Waals surface area (Å²) in [5.74, 6) is 3.21. The Kier molecular flexibility index (Phi) is 10.2. The third kappa shape index (κ3) is 7.32. The molecule has 12 heteroatoms. The highest BCUT2D eigenvalue weighted by Gasteiger charge is 2.23. The van der Waals surface area contributed by atoms with E-state index in [0.717, 1.165) is 105 Å². The monoisotopic (exact) mass is 950 g/mol. The van der Waals surface area contributed by atoms with Gasteiger partial charge in [0.15, 0.2) is 29.1 Å². The van der Waals surface area contributed by atoms with Gasteiger partial charge in [-0.25, -0.2) is 49.8 Å².